The van der Waals surface area contributed by atoms with Crippen molar-refractivity contribution in [2.75, 3.05) is 0 Å². The fourth-order valence-electron chi connectivity index (χ4n) is 2.16. The summed E-state index contributed by atoms with van der Waals surface area (Å²) in [6, 6.07) is 13.4. The lowest BCUT2D eigenvalue weighted by molar-refractivity contribution is 1.15. The zero-order chi connectivity index (χ0) is 9.54. The van der Waals surface area contributed by atoms with Gasteiger partial charge in [0.1, 0.15) is 0 Å². The molecule has 0 atom stereocenters. The third-order valence-corrected chi connectivity index (χ3v) is 3.09. The smallest absolute Gasteiger partial charge is 0.0146 e. The van der Waals surface area contributed by atoms with E-state index in [2.05, 4.69) is 43.3 Å². The number of rotatable bonds is 1. The third kappa shape index (κ3) is 1.22. The van der Waals surface area contributed by atoms with Crippen molar-refractivity contribution >= 4 is 10.8 Å². The predicted molar refractivity (Wildman–Crippen MR) is 60.7 cm³/mol. The van der Waals surface area contributed by atoms with Gasteiger partial charge in [0.25, 0.3) is 0 Å². The molecule has 1 fully saturated rings. The fraction of sp³-hybridized carbons (Fsp3) is 0.286. The van der Waals surface area contributed by atoms with Crippen molar-refractivity contribution in [1.29, 1.82) is 0 Å². The summed E-state index contributed by atoms with van der Waals surface area (Å²) < 4.78 is 0. The second-order valence-electron chi connectivity index (χ2n) is 4.35. The third-order valence-electron chi connectivity index (χ3n) is 3.09. The van der Waals surface area contributed by atoms with Crippen molar-refractivity contribution in [2.24, 2.45) is 0 Å². The van der Waals surface area contributed by atoms with E-state index in [9.17, 15) is 0 Å². The summed E-state index contributed by atoms with van der Waals surface area (Å²) in [7, 11) is 0. The monoisotopic (exact) mass is 182 g/mol. The van der Waals surface area contributed by atoms with E-state index in [1.165, 1.54) is 29.2 Å². The quantitative estimate of drug-likeness (QED) is 0.624. The molecule has 0 nitrogen and oxygen atoms in total. The number of hydrogen-bond acceptors (Lipinski definition) is 0. The normalized spacial score (nSPS) is 16.1. The van der Waals surface area contributed by atoms with Crippen LogP contribution in [0.1, 0.15) is 29.9 Å². The molecular formula is C14H14. The number of aryl methyl sites for hydroxylation is 1. The lowest BCUT2D eigenvalue weighted by Gasteiger charge is -2.05. The standard InChI is InChI=1S/C14H14/c1-10-5-6-11-3-2-4-13(12-7-8-12)14(11)9-10/h2-6,9,12H,7-8H2,1H3. The first kappa shape index (κ1) is 8.05. The molecule has 0 saturated heterocycles. The van der Waals surface area contributed by atoms with Gasteiger partial charge >= 0.3 is 0 Å². The highest BCUT2D eigenvalue weighted by Gasteiger charge is 2.24. The summed E-state index contributed by atoms with van der Waals surface area (Å²) >= 11 is 0. The van der Waals surface area contributed by atoms with Crippen molar-refractivity contribution in [2.45, 2.75) is 25.7 Å². The van der Waals surface area contributed by atoms with E-state index in [1.54, 1.807) is 5.56 Å². The molecule has 0 aliphatic heterocycles. The van der Waals surface area contributed by atoms with Crippen LogP contribution in [-0.2, 0) is 0 Å². The summed E-state index contributed by atoms with van der Waals surface area (Å²) in [5, 5.41) is 2.86. The van der Waals surface area contributed by atoms with Crippen molar-refractivity contribution in [3.63, 3.8) is 0 Å². The van der Waals surface area contributed by atoms with Gasteiger partial charge in [0, 0.05) is 0 Å². The molecule has 2 aromatic rings. The average Bonchev–Trinajstić information content (AvgIpc) is 3.00. The number of fused-ring (bicyclic) bond motifs is 1. The molecule has 0 heterocycles. The van der Waals surface area contributed by atoms with Gasteiger partial charge in [-0.05, 0) is 42.0 Å². The van der Waals surface area contributed by atoms with E-state index in [0.29, 0.717) is 0 Å². The van der Waals surface area contributed by atoms with Gasteiger partial charge in [0.05, 0.1) is 0 Å². The molecule has 1 saturated carbocycles. The van der Waals surface area contributed by atoms with Crippen LogP contribution in [-0.4, -0.2) is 0 Å². The highest BCUT2D eigenvalue weighted by molar-refractivity contribution is 5.87. The highest BCUT2D eigenvalue weighted by Crippen LogP contribution is 2.43. The molecule has 0 amide bonds. The topological polar surface area (TPSA) is 0 Å². The summed E-state index contributed by atoms with van der Waals surface area (Å²) in [5.41, 5.74) is 2.93. The molecule has 0 spiro atoms. The largest absolute Gasteiger partial charge is 0.0613 e. The Hall–Kier alpha value is -1.30. The average molecular weight is 182 g/mol. The van der Waals surface area contributed by atoms with E-state index in [0.717, 1.165) is 5.92 Å². The van der Waals surface area contributed by atoms with E-state index in [4.69, 9.17) is 0 Å². The SMILES string of the molecule is Cc1ccc2cccc(C3CC3)c2c1. The minimum atomic E-state index is 0.848. The van der Waals surface area contributed by atoms with Gasteiger partial charge in [-0.25, -0.2) is 0 Å². The highest BCUT2D eigenvalue weighted by atomic mass is 14.3. The Morgan fingerprint density at radius 3 is 2.71 bits per heavy atom. The van der Waals surface area contributed by atoms with Crippen LogP contribution in [0.2, 0.25) is 0 Å². The van der Waals surface area contributed by atoms with Gasteiger partial charge in [-0.1, -0.05) is 42.0 Å². The first-order valence-corrected chi connectivity index (χ1v) is 5.34. The molecule has 14 heavy (non-hydrogen) atoms. The summed E-state index contributed by atoms with van der Waals surface area (Å²) in [4.78, 5) is 0. The van der Waals surface area contributed by atoms with Crippen LogP contribution in [0.25, 0.3) is 10.8 Å². The minimum Gasteiger partial charge on any atom is -0.0613 e. The lowest BCUT2D eigenvalue weighted by atomic mass is 9.99. The van der Waals surface area contributed by atoms with Crippen LogP contribution >= 0.6 is 0 Å². The van der Waals surface area contributed by atoms with Gasteiger partial charge in [-0.15, -0.1) is 0 Å². The summed E-state index contributed by atoms with van der Waals surface area (Å²) in [6.07, 6.45) is 2.76. The molecule has 1 aliphatic rings. The number of benzene rings is 2. The Labute approximate surface area is 84.6 Å². The number of hydrogen-bond donors (Lipinski definition) is 0. The van der Waals surface area contributed by atoms with Crippen LogP contribution in [0.15, 0.2) is 36.4 Å². The van der Waals surface area contributed by atoms with Gasteiger partial charge in [0.15, 0.2) is 0 Å². The Kier molecular flexibility index (Phi) is 1.63. The maximum atomic E-state index is 2.32. The molecule has 0 unspecified atom stereocenters. The van der Waals surface area contributed by atoms with Crippen LogP contribution in [0.5, 0.6) is 0 Å². The second-order valence-corrected chi connectivity index (χ2v) is 4.35. The Morgan fingerprint density at radius 1 is 1.07 bits per heavy atom. The van der Waals surface area contributed by atoms with Crippen molar-refractivity contribution < 1.29 is 0 Å². The zero-order valence-corrected chi connectivity index (χ0v) is 8.46. The lowest BCUT2D eigenvalue weighted by Crippen LogP contribution is -1.83. The van der Waals surface area contributed by atoms with Crippen molar-refractivity contribution in [3.8, 4) is 0 Å². The van der Waals surface area contributed by atoms with Gasteiger partial charge in [-0.2, -0.15) is 0 Å². The van der Waals surface area contributed by atoms with Crippen LogP contribution in [0.3, 0.4) is 0 Å². The Morgan fingerprint density at radius 2 is 1.93 bits per heavy atom. The minimum absolute atomic E-state index is 0.848. The first-order chi connectivity index (χ1) is 6.84. The van der Waals surface area contributed by atoms with Gasteiger partial charge in [0.2, 0.25) is 0 Å². The molecule has 0 bridgehead atoms. The van der Waals surface area contributed by atoms with E-state index in [-0.39, 0.29) is 0 Å². The summed E-state index contributed by atoms with van der Waals surface area (Å²) in [5.74, 6) is 0.848. The maximum Gasteiger partial charge on any atom is -0.0146 e. The predicted octanol–water partition coefficient (Wildman–Crippen LogP) is 4.03. The molecule has 2 aromatic carbocycles. The summed E-state index contributed by atoms with van der Waals surface area (Å²) in [6.45, 7) is 2.17. The molecular weight excluding hydrogens is 168 g/mol. The molecule has 3 rings (SSSR count). The van der Waals surface area contributed by atoms with Crippen LogP contribution < -0.4 is 0 Å². The van der Waals surface area contributed by atoms with E-state index >= 15 is 0 Å². The van der Waals surface area contributed by atoms with Crippen molar-refractivity contribution in [1.82, 2.24) is 0 Å². The molecule has 1 aliphatic carbocycles. The zero-order valence-electron chi connectivity index (χ0n) is 8.46. The fourth-order valence-corrected chi connectivity index (χ4v) is 2.16. The Balaban J connectivity index is 2.32. The molecule has 70 valence electrons. The van der Waals surface area contributed by atoms with Crippen LogP contribution in [0, 0.1) is 6.92 Å². The van der Waals surface area contributed by atoms with Crippen LogP contribution in [0.4, 0.5) is 0 Å². The molecule has 0 aromatic heterocycles. The van der Waals surface area contributed by atoms with Crippen molar-refractivity contribution in [3.05, 3.63) is 47.5 Å². The molecule has 0 heteroatoms. The molecule has 0 radical (unpaired) electrons. The maximum absolute atomic E-state index is 2.32. The van der Waals surface area contributed by atoms with E-state index in [1.807, 2.05) is 0 Å². The van der Waals surface area contributed by atoms with Gasteiger partial charge in [-0.3, -0.25) is 0 Å². The van der Waals surface area contributed by atoms with Gasteiger partial charge < -0.3 is 0 Å². The second kappa shape index (κ2) is 2.84. The Bertz CT molecular complexity index is 478. The van der Waals surface area contributed by atoms with E-state index < -0.39 is 0 Å². The molecule has 0 N–H and O–H groups in total. The first-order valence-electron chi connectivity index (χ1n) is 5.34.